The highest BCUT2D eigenvalue weighted by molar-refractivity contribution is 5.33. The van der Waals surface area contributed by atoms with Crippen LogP contribution in [0.4, 0.5) is 5.69 Å². The molecule has 0 unspecified atom stereocenters. The zero-order valence-electron chi connectivity index (χ0n) is 8.80. The smallest absolute Gasteiger partial charge is 0.269 e. The quantitative estimate of drug-likeness (QED) is 0.587. The van der Waals surface area contributed by atoms with Gasteiger partial charge in [-0.2, -0.15) is 0 Å². The van der Waals surface area contributed by atoms with E-state index in [1.165, 1.54) is 12.1 Å². The van der Waals surface area contributed by atoms with E-state index in [4.69, 9.17) is 0 Å². The highest BCUT2D eigenvalue weighted by Gasteiger charge is 2.21. The summed E-state index contributed by atoms with van der Waals surface area (Å²) in [6.07, 6.45) is 1.29. The lowest BCUT2D eigenvalue weighted by atomic mass is 10.0. The molecule has 16 heavy (non-hydrogen) atoms. The maximum Gasteiger partial charge on any atom is 0.269 e. The Bertz CT molecular complexity index is 377. The molecule has 1 aliphatic rings. The number of β-amino-alcohol motifs (C(OH)–C–C–N with tert-alkyl or cyclic N) is 1. The first kappa shape index (κ1) is 11.0. The summed E-state index contributed by atoms with van der Waals surface area (Å²) in [5.74, 6) is 0. The van der Waals surface area contributed by atoms with E-state index in [1.807, 2.05) is 0 Å². The lowest BCUT2D eigenvalue weighted by Crippen LogP contribution is -2.23. The molecule has 86 valence electrons. The van der Waals surface area contributed by atoms with Gasteiger partial charge < -0.3 is 10.4 Å². The van der Waals surface area contributed by atoms with Crippen molar-refractivity contribution in [1.29, 1.82) is 0 Å². The molecule has 0 amide bonds. The van der Waals surface area contributed by atoms with E-state index in [0.29, 0.717) is 6.54 Å². The molecule has 0 radical (unpaired) electrons. The number of aliphatic hydroxyl groups is 1. The molecule has 1 aliphatic heterocycles. The molecular weight excluding hydrogens is 208 g/mol. The topological polar surface area (TPSA) is 75.4 Å². The predicted molar refractivity (Wildman–Crippen MR) is 59.2 cm³/mol. The van der Waals surface area contributed by atoms with Gasteiger partial charge in [-0.25, -0.2) is 0 Å². The minimum Gasteiger partial charge on any atom is -0.392 e. The highest BCUT2D eigenvalue weighted by Crippen LogP contribution is 2.16. The first-order chi connectivity index (χ1) is 7.65. The van der Waals surface area contributed by atoms with Gasteiger partial charge in [-0.1, -0.05) is 12.1 Å². The second-order valence-electron chi connectivity index (χ2n) is 4.12. The van der Waals surface area contributed by atoms with Crippen LogP contribution in [0.25, 0.3) is 0 Å². The number of hydrogen-bond donors (Lipinski definition) is 2. The van der Waals surface area contributed by atoms with E-state index in [1.54, 1.807) is 12.1 Å². The van der Waals surface area contributed by atoms with Crippen molar-refractivity contribution in [3.05, 3.63) is 39.9 Å². The lowest BCUT2D eigenvalue weighted by molar-refractivity contribution is -0.384. The van der Waals surface area contributed by atoms with E-state index in [2.05, 4.69) is 5.32 Å². The highest BCUT2D eigenvalue weighted by atomic mass is 16.6. The monoisotopic (exact) mass is 222 g/mol. The number of non-ortho nitro benzene ring substituents is 1. The van der Waals surface area contributed by atoms with Crippen LogP contribution in [0.5, 0.6) is 0 Å². The number of benzene rings is 1. The summed E-state index contributed by atoms with van der Waals surface area (Å²) in [6.45, 7) is 0.637. The van der Waals surface area contributed by atoms with Crippen LogP contribution in [0.1, 0.15) is 12.0 Å². The van der Waals surface area contributed by atoms with Gasteiger partial charge in [0, 0.05) is 24.7 Å². The van der Waals surface area contributed by atoms with Crippen molar-refractivity contribution >= 4 is 5.69 Å². The Morgan fingerprint density at radius 2 is 2.12 bits per heavy atom. The van der Waals surface area contributed by atoms with Crippen LogP contribution in [0, 0.1) is 10.1 Å². The number of nitrogens with one attached hydrogen (secondary N) is 1. The number of rotatable bonds is 3. The minimum absolute atomic E-state index is 0.114. The Balaban J connectivity index is 1.97. The van der Waals surface area contributed by atoms with Gasteiger partial charge in [0.1, 0.15) is 0 Å². The second kappa shape index (κ2) is 4.59. The summed E-state index contributed by atoms with van der Waals surface area (Å²) in [5, 5.41) is 23.0. The van der Waals surface area contributed by atoms with Gasteiger partial charge in [-0.05, 0) is 18.4 Å². The van der Waals surface area contributed by atoms with Crippen LogP contribution in [-0.2, 0) is 6.42 Å². The van der Waals surface area contributed by atoms with Crippen LogP contribution in [0.3, 0.4) is 0 Å². The van der Waals surface area contributed by atoms with Gasteiger partial charge in [0.25, 0.3) is 5.69 Å². The lowest BCUT2D eigenvalue weighted by Gasteiger charge is -2.09. The van der Waals surface area contributed by atoms with Gasteiger partial charge in [0.2, 0.25) is 0 Å². The zero-order chi connectivity index (χ0) is 11.5. The van der Waals surface area contributed by atoms with Gasteiger partial charge in [0.15, 0.2) is 0 Å². The molecule has 0 aliphatic carbocycles. The minimum atomic E-state index is -0.401. The summed E-state index contributed by atoms with van der Waals surface area (Å²) in [5.41, 5.74) is 1.17. The first-order valence-corrected chi connectivity index (χ1v) is 5.30. The Morgan fingerprint density at radius 1 is 1.44 bits per heavy atom. The summed E-state index contributed by atoms with van der Waals surface area (Å²) in [4.78, 5) is 10.1. The molecule has 0 bridgehead atoms. The fourth-order valence-corrected chi connectivity index (χ4v) is 1.99. The van der Waals surface area contributed by atoms with E-state index in [9.17, 15) is 15.2 Å². The van der Waals surface area contributed by atoms with E-state index in [-0.39, 0.29) is 17.8 Å². The molecule has 1 aromatic rings. The maximum absolute atomic E-state index is 10.5. The van der Waals surface area contributed by atoms with Crippen LogP contribution < -0.4 is 5.32 Å². The molecule has 1 fully saturated rings. The van der Waals surface area contributed by atoms with Gasteiger partial charge in [-0.15, -0.1) is 0 Å². The molecule has 1 aromatic carbocycles. The van der Waals surface area contributed by atoms with Crippen molar-refractivity contribution in [2.45, 2.75) is 25.0 Å². The normalized spacial score (nSPS) is 24.6. The van der Waals surface area contributed by atoms with Gasteiger partial charge >= 0.3 is 0 Å². The van der Waals surface area contributed by atoms with Crippen molar-refractivity contribution in [2.24, 2.45) is 0 Å². The van der Waals surface area contributed by atoms with Crippen molar-refractivity contribution in [2.75, 3.05) is 6.54 Å². The third-order valence-corrected chi connectivity index (χ3v) is 2.83. The summed E-state index contributed by atoms with van der Waals surface area (Å²) in [6, 6.07) is 6.84. The number of nitro groups is 1. The average molecular weight is 222 g/mol. The fraction of sp³-hybridized carbons (Fsp3) is 0.455. The summed E-state index contributed by atoms with van der Waals surface area (Å²) in [7, 11) is 0. The Kier molecular flexibility index (Phi) is 3.17. The molecule has 1 saturated heterocycles. The van der Waals surface area contributed by atoms with Crippen molar-refractivity contribution < 1.29 is 10.0 Å². The Morgan fingerprint density at radius 3 is 2.62 bits per heavy atom. The summed E-state index contributed by atoms with van der Waals surface area (Å²) < 4.78 is 0. The fourth-order valence-electron chi connectivity index (χ4n) is 1.99. The molecule has 5 nitrogen and oxygen atoms in total. The molecule has 1 heterocycles. The molecular formula is C11H14N2O3. The predicted octanol–water partition coefficient (Wildman–Crippen LogP) is 0.860. The van der Waals surface area contributed by atoms with E-state index < -0.39 is 4.92 Å². The SMILES string of the molecule is O=[N+]([O-])c1ccc(C[C@@H]2C[C@@H](O)CN2)cc1. The molecule has 5 heteroatoms. The largest absolute Gasteiger partial charge is 0.392 e. The van der Waals surface area contributed by atoms with Crippen LogP contribution in [0.2, 0.25) is 0 Å². The Hall–Kier alpha value is -1.46. The average Bonchev–Trinajstić information content (AvgIpc) is 2.65. The number of hydrogen-bond acceptors (Lipinski definition) is 4. The van der Waals surface area contributed by atoms with Crippen LogP contribution in [0.15, 0.2) is 24.3 Å². The van der Waals surface area contributed by atoms with Crippen molar-refractivity contribution in [3.63, 3.8) is 0 Å². The summed E-state index contributed by atoms with van der Waals surface area (Å²) >= 11 is 0. The molecule has 2 N–H and O–H groups in total. The Labute approximate surface area is 93.2 Å². The molecule has 2 rings (SSSR count). The van der Waals surface area contributed by atoms with Crippen LogP contribution >= 0.6 is 0 Å². The van der Waals surface area contributed by atoms with Gasteiger partial charge in [0.05, 0.1) is 11.0 Å². The number of nitrogens with zero attached hydrogens (tertiary/aromatic N) is 1. The molecule has 0 aromatic heterocycles. The number of nitro benzene ring substituents is 1. The van der Waals surface area contributed by atoms with Crippen molar-refractivity contribution in [3.8, 4) is 0 Å². The van der Waals surface area contributed by atoms with Crippen LogP contribution in [-0.4, -0.2) is 28.7 Å². The molecule has 2 atom stereocenters. The second-order valence-corrected chi connectivity index (χ2v) is 4.12. The standard InChI is InChI=1S/C11H14N2O3/c14-11-6-9(12-7-11)5-8-1-3-10(4-2-8)13(15)16/h1-4,9,11-12,14H,5-7H2/t9-,11-/m1/s1. The molecule has 0 saturated carbocycles. The van der Waals surface area contributed by atoms with Crippen molar-refractivity contribution in [1.82, 2.24) is 5.32 Å². The third kappa shape index (κ3) is 2.56. The number of aliphatic hydroxyl groups excluding tert-OH is 1. The third-order valence-electron chi connectivity index (χ3n) is 2.83. The van der Waals surface area contributed by atoms with Gasteiger partial charge in [-0.3, -0.25) is 10.1 Å². The van der Waals surface area contributed by atoms with E-state index >= 15 is 0 Å². The maximum atomic E-state index is 10.5. The van der Waals surface area contributed by atoms with E-state index in [0.717, 1.165) is 18.4 Å². The zero-order valence-corrected chi connectivity index (χ0v) is 8.80. The molecule has 0 spiro atoms. The first-order valence-electron chi connectivity index (χ1n) is 5.30.